The molecule has 0 saturated heterocycles. The molecule has 0 aliphatic rings. The van der Waals surface area contributed by atoms with Crippen molar-refractivity contribution in [3.8, 4) is 6.07 Å². The number of amides is 1. The minimum Gasteiger partial charge on any atom is -0.353 e. The van der Waals surface area contributed by atoms with Crippen molar-refractivity contribution in [3.05, 3.63) is 0 Å². The lowest BCUT2D eigenvalue weighted by Crippen LogP contribution is -2.47. The summed E-state index contributed by atoms with van der Waals surface area (Å²) in [6.45, 7) is 9.19. The fourth-order valence-electron chi connectivity index (χ4n) is 1.39. The lowest BCUT2D eigenvalue weighted by molar-refractivity contribution is -0.126. The minimum atomic E-state index is -0.161. The lowest BCUT2D eigenvalue weighted by Gasteiger charge is -2.26. The lowest BCUT2D eigenvalue weighted by atomic mass is 10.2. The quantitative estimate of drug-likeness (QED) is 0.716. The average Bonchev–Trinajstić information content (AvgIpc) is 2.17. The Morgan fingerprint density at radius 3 is 2.47 bits per heavy atom. The van der Waals surface area contributed by atoms with E-state index in [9.17, 15) is 4.79 Å². The number of carbonyl (C=O) groups is 1. The van der Waals surface area contributed by atoms with Crippen LogP contribution < -0.4 is 5.32 Å². The van der Waals surface area contributed by atoms with E-state index in [0.29, 0.717) is 13.0 Å². The van der Waals surface area contributed by atoms with Crippen LogP contribution in [0.15, 0.2) is 0 Å². The van der Waals surface area contributed by atoms with Crippen molar-refractivity contribution < 1.29 is 4.79 Å². The second-order valence-electron chi connectivity index (χ2n) is 3.88. The normalized spacial score (nSPS) is 12.6. The van der Waals surface area contributed by atoms with E-state index in [4.69, 9.17) is 5.26 Å². The third-order valence-corrected chi connectivity index (χ3v) is 2.28. The summed E-state index contributed by atoms with van der Waals surface area (Å²) in [6, 6.07) is 2.09. The number of likely N-dealkylation sites (N-methyl/N-ethyl adjacent to an activating group) is 1. The molecule has 1 N–H and O–H groups in total. The minimum absolute atomic E-state index is 0.0322. The summed E-state index contributed by atoms with van der Waals surface area (Å²) in [6.07, 6.45) is 0.465. The number of nitrogens with zero attached hydrogens (tertiary/aromatic N) is 2. The van der Waals surface area contributed by atoms with E-state index in [1.54, 1.807) is 0 Å². The average molecular weight is 211 g/mol. The first kappa shape index (κ1) is 13.9. The Morgan fingerprint density at radius 1 is 1.47 bits per heavy atom. The molecule has 15 heavy (non-hydrogen) atoms. The highest BCUT2D eigenvalue weighted by Crippen LogP contribution is 2.00. The zero-order valence-corrected chi connectivity index (χ0v) is 10.1. The maximum atomic E-state index is 11.7. The van der Waals surface area contributed by atoms with Gasteiger partial charge in [-0.25, -0.2) is 0 Å². The summed E-state index contributed by atoms with van der Waals surface area (Å²) >= 11 is 0. The van der Waals surface area contributed by atoms with Crippen molar-refractivity contribution >= 4 is 5.91 Å². The molecule has 0 aliphatic heterocycles. The van der Waals surface area contributed by atoms with E-state index in [1.807, 2.05) is 32.6 Å². The molecule has 0 aromatic heterocycles. The summed E-state index contributed by atoms with van der Waals surface area (Å²) in [5.41, 5.74) is 0. The topological polar surface area (TPSA) is 56.1 Å². The molecule has 1 atom stereocenters. The van der Waals surface area contributed by atoms with Crippen LogP contribution in [0.1, 0.15) is 34.1 Å². The highest BCUT2D eigenvalue weighted by atomic mass is 16.2. The number of hydrogen-bond donors (Lipinski definition) is 1. The number of hydrogen-bond acceptors (Lipinski definition) is 3. The van der Waals surface area contributed by atoms with Gasteiger partial charge in [0, 0.05) is 19.0 Å². The monoisotopic (exact) mass is 211 g/mol. The maximum Gasteiger partial charge on any atom is 0.237 e. The predicted octanol–water partition coefficient (Wildman–Crippen LogP) is 1.14. The molecule has 0 spiro atoms. The van der Waals surface area contributed by atoms with E-state index < -0.39 is 0 Å². The second kappa shape index (κ2) is 7.24. The van der Waals surface area contributed by atoms with Crippen LogP contribution in [-0.2, 0) is 4.79 Å². The van der Waals surface area contributed by atoms with E-state index in [2.05, 4.69) is 11.4 Å². The van der Waals surface area contributed by atoms with Gasteiger partial charge >= 0.3 is 0 Å². The van der Waals surface area contributed by atoms with Crippen molar-refractivity contribution in [1.29, 1.82) is 5.26 Å². The van der Waals surface area contributed by atoms with Gasteiger partial charge in [0.25, 0.3) is 0 Å². The van der Waals surface area contributed by atoms with Gasteiger partial charge in [-0.1, -0.05) is 6.92 Å². The third-order valence-electron chi connectivity index (χ3n) is 2.28. The van der Waals surface area contributed by atoms with Crippen LogP contribution in [0, 0.1) is 11.3 Å². The van der Waals surface area contributed by atoms with Gasteiger partial charge in [-0.3, -0.25) is 9.69 Å². The van der Waals surface area contributed by atoms with Crippen LogP contribution in [0.2, 0.25) is 0 Å². The Hall–Kier alpha value is -1.08. The van der Waals surface area contributed by atoms with Crippen LogP contribution in [0.5, 0.6) is 0 Å². The van der Waals surface area contributed by atoms with Gasteiger partial charge in [0.05, 0.1) is 12.1 Å². The zero-order chi connectivity index (χ0) is 11.8. The van der Waals surface area contributed by atoms with Gasteiger partial charge in [-0.2, -0.15) is 5.26 Å². The third kappa shape index (κ3) is 5.38. The summed E-state index contributed by atoms with van der Waals surface area (Å²) in [7, 11) is 0. The molecular formula is C11H21N3O. The fourth-order valence-corrected chi connectivity index (χ4v) is 1.39. The maximum absolute atomic E-state index is 11.7. The first-order valence-corrected chi connectivity index (χ1v) is 5.44. The van der Waals surface area contributed by atoms with Crippen molar-refractivity contribution in [2.75, 3.05) is 13.1 Å². The molecule has 4 nitrogen and oxygen atoms in total. The van der Waals surface area contributed by atoms with Gasteiger partial charge in [-0.15, -0.1) is 0 Å². The summed E-state index contributed by atoms with van der Waals surface area (Å²) in [4.78, 5) is 13.7. The summed E-state index contributed by atoms with van der Waals surface area (Å²) in [5, 5.41) is 11.4. The Morgan fingerprint density at radius 2 is 2.07 bits per heavy atom. The molecule has 0 heterocycles. The predicted molar refractivity (Wildman–Crippen MR) is 60.2 cm³/mol. The molecule has 1 amide bonds. The van der Waals surface area contributed by atoms with Gasteiger partial charge < -0.3 is 5.32 Å². The molecule has 0 aromatic carbocycles. The van der Waals surface area contributed by atoms with Crippen LogP contribution in [0.4, 0.5) is 0 Å². The molecule has 0 fully saturated rings. The van der Waals surface area contributed by atoms with Crippen molar-refractivity contribution in [2.24, 2.45) is 0 Å². The first-order chi connectivity index (χ1) is 7.02. The van der Waals surface area contributed by atoms with Crippen LogP contribution in [0.25, 0.3) is 0 Å². The van der Waals surface area contributed by atoms with Gasteiger partial charge in [0.15, 0.2) is 0 Å². The van der Waals surface area contributed by atoms with E-state index in [-0.39, 0.29) is 18.0 Å². The Balaban J connectivity index is 4.18. The molecule has 0 aromatic rings. The smallest absolute Gasteiger partial charge is 0.237 e. The van der Waals surface area contributed by atoms with Crippen molar-refractivity contribution in [3.63, 3.8) is 0 Å². The first-order valence-electron chi connectivity index (χ1n) is 5.44. The van der Waals surface area contributed by atoms with Crippen molar-refractivity contribution in [1.82, 2.24) is 10.2 Å². The highest BCUT2D eigenvalue weighted by molar-refractivity contribution is 5.81. The van der Waals surface area contributed by atoms with E-state index in [0.717, 1.165) is 6.54 Å². The standard InChI is InChI=1S/C11H21N3O/c1-5-14(8-6-7-12)10(4)11(15)13-9(2)3/h9-10H,5-6,8H2,1-4H3,(H,13,15). The molecule has 4 heteroatoms. The van der Waals surface area contributed by atoms with Crippen molar-refractivity contribution in [2.45, 2.75) is 46.2 Å². The van der Waals surface area contributed by atoms with Crippen LogP contribution in [0.3, 0.4) is 0 Å². The number of nitrogens with one attached hydrogen (secondary N) is 1. The van der Waals surface area contributed by atoms with Crippen LogP contribution in [-0.4, -0.2) is 36.0 Å². The molecule has 0 saturated carbocycles. The van der Waals surface area contributed by atoms with Gasteiger partial charge in [-0.05, 0) is 27.3 Å². The number of nitriles is 1. The van der Waals surface area contributed by atoms with Gasteiger partial charge in [0.1, 0.15) is 0 Å². The van der Waals surface area contributed by atoms with E-state index in [1.165, 1.54) is 0 Å². The Kier molecular flexibility index (Phi) is 6.72. The molecule has 0 bridgehead atoms. The summed E-state index contributed by atoms with van der Waals surface area (Å²) < 4.78 is 0. The number of carbonyl (C=O) groups excluding carboxylic acids is 1. The SMILES string of the molecule is CCN(CCC#N)C(C)C(=O)NC(C)C. The zero-order valence-electron chi connectivity index (χ0n) is 10.1. The molecule has 0 rings (SSSR count). The fraction of sp³-hybridized carbons (Fsp3) is 0.818. The Labute approximate surface area is 92.3 Å². The molecule has 86 valence electrons. The van der Waals surface area contributed by atoms with E-state index >= 15 is 0 Å². The molecular weight excluding hydrogens is 190 g/mol. The highest BCUT2D eigenvalue weighted by Gasteiger charge is 2.19. The molecule has 0 radical (unpaired) electrons. The second-order valence-corrected chi connectivity index (χ2v) is 3.88. The molecule has 1 unspecified atom stereocenters. The number of rotatable bonds is 6. The largest absolute Gasteiger partial charge is 0.353 e. The molecule has 0 aliphatic carbocycles. The van der Waals surface area contributed by atoms with Crippen LogP contribution >= 0.6 is 0 Å². The summed E-state index contributed by atoms with van der Waals surface area (Å²) in [5.74, 6) is 0.0322. The van der Waals surface area contributed by atoms with Gasteiger partial charge in [0.2, 0.25) is 5.91 Å². The Bertz CT molecular complexity index is 232.